The zero-order valence-corrected chi connectivity index (χ0v) is 22.0. The van der Waals surface area contributed by atoms with Gasteiger partial charge < -0.3 is 14.9 Å². The molecule has 0 saturated carbocycles. The third-order valence-corrected chi connectivity index (χ3v) is 6.79. The fraction of sp³-hybridized carbons (Fsp3) is 0.581. The SMILES string of the molecule is CCCCCCCCCCCCc1c(COC(=O)c2ccc(C)cc2)ccc(CCO)c1CCO. The number of aliphatic hydroxyl groups is 2. The Morgan fingerprint density at radius 3 is 1.83 bits per heavy atom. The lowest BCUT2D eigenvalue weighted by molar-refractivity contribution is 0.0471. The molecule has 2 aromatic rings. The average molecular weight is 483 g/mol. The van der Waals surface area contributed by atoms with Crippen LogP contribution in [0.4, 0.5) is 0 Å². The van der Waals surface area contributed by atoms with E-state index in [1.807, 2.05) is 31.2 Å². The molecule has 0 aliphatic carbocycles. The van der Waals surface area contributed by atoms with E-state index in [4.69, 9.17) is 4.74 Å². The van der Waals surface area contributed by atoms with Crippen LogP contribution in [0.1, 0.15) is 109 Å². The lowest BCUT2D eigenvalue weighted by atomic mass is 9.89. The smallest absolute Gasteiger partial charge is 0.338 e. The highest BCUT2D eigenvalue weighted by Gasteiger charge is 2.15. The number of carbonyl (C=O) groups excluding carboxylic acids is 1. The first-order valence-electron chi connectivity index (χ1n) is 13.7. The predicted molar refractivity (Wildman–Crippen MR) is 144 cm³/mol. The number of aliphatic hydroxyl groups excluding tert-OH is 2. The van der Waals surface area contributed by atoms with Crippen molar-refractivity contribution >= 4 is 5.97 Å². The minimum Gasteiger partial charge on any atom is -0.457 e. The molecule has 4 nitrogen and oxygen atoms in total. The molecule has 0 spiro atoms. The molecule has 0 atom stereocenters. The summed E-state index contributed by atoms with van der Waals surface area (Å²) in [6.45, 7) is 4.61. The molecule has 4 heteroatoms. The molecule has 35 heavy (non-hydrogen) atoms. The molecule has 0 unspecified atom stereocenters. The number of hydrogen-bond donors (Lipinski definition) is 2. The molecule has 0 aliphatic rings. The Bertz CT molecular complexity index is 857. The van der Waals surface area contributed by atoms with Gasteiger partial charge in [-0.3, -0.25) is 0 Å². The van der Waals surface area contributed by atoms with Crippen molar-refractivity contribution in [3.05, 3.63) is 69.8 Å². The fourth-order valence-electron chi connectivity index (χ4n) is 4.72. The number of aryl methyl sites for hydroxylation is 1. The van der Waals surface area contributed by atoms with Gasteiger partial charge in [-0.1, -0.05) is 94.5 Å². The second kappa shape index (κ2) is 17.3. The first-order chi connectivity index (χ1) is 17.1. The second-order valence-electron chi connectivity index (χ2n) is 9.66. The normalized spacial score (nSPS) is 11.1. The molecule has 194 valence electrons. The number of carbonyl (C=O) groups is 1. The molecule has 2 rings (SSSR count). The summed E-state index contributed by atoms with van der Waals surface area (Å²) in [5, 5.41) is 19.2. The van der Waals surface area contributed by atoms with Crippen LogP contribution >= 0.6 is 0 Å². The fourth-order valence-corrected chi connectivity index (χ4v) is 4.72. The maximum atomic E-state index is 12.6. The Morgan fingerprint density at radius 1 is 0.686 bits per heavy atom. The van der Waals surface area contributed by atoms with Crippen molar-refractivity contribution < 1.29 is 19.7 Å². The molecule has 0 aliphatic heterocycles. The highest BCUT2D eigenvalue weighted by Crippen LogP contribution is 2.25. The van der Waals surface area contributed by atoms with Gasteiger partial charge in [0.05, 0.1) is 5.56 Å². The molecule has 0 fully saturated rings. The van der Waals surface area contributed by atoms with E-state index >= 15 is 0 Å². The minimum absolute atomic E-state index is 0.0655. The third kappa shape index (κ3) is 10.5. The summed E-state index contributed by atoms with van der Waals surface area (Å²) in [5.74, 6) is -0.321. The van der Waals surface area contributed by atoms with E-state index in [2.05, 4.69) is 6.92 Å². The minimum atomic E-state index is -0.321. The summed E-state index contributed by atoms with van der Waals surface area (Å²) in [7, 11) is 0. The summed E-state index contributed by atoms with van der Waals surface area (Å²) in [6.07, 6.45) is 14.9. The van der Waals surface area contributed by atoms with Crippen molar-refractivity contribution in [2.75, 3.05) is 13.2 Å². The van der Waals surface area contributed by atoms with Crippen LogP contribution in [0, 0.1) is 6.92 Å². The highest BCUT2D eigenvalue weighted by molar-refractivity contribution is 5.89. The Kier molecular flexibility index (Phi) is 14.4. The van der Waals surface area contributed by atoms with E-state index in [1.54, 1.807) is 12.1 Å². The van der Waals surface area contributed by atoms with Gasteiger partial charge in [0.2, 0.25) is 0 Å². The van der Waals surface area contributed by atoms with Crippen LogP contribution in [0.3, 0.4) is 0 Å². The predicted octanol–water partition coefficient (Wildman–Crippen LogP) is 6.89. The summed E-state index contributed by atoms with van der Waals surface area (Å²) in [5.41, 5.74) is 6.04. The average Bonchev–Trinajstić information content (AvgIpc) is 2.86. The van der Waals surface area contributed by atoms with Crippen molar-refractivity contribution in [3.63, 3.8) is 0 Å². The van der Waals surface area contributed by atoms with E-state index in [1.165, 1.54) is 63.4 Å². The van der Waals surface area contributed by atoms with Crippen LogP contribution in [-0.4, -0.2) is 29.4 Å². The first kappa shape index (κ1) is 29.1. The van der Waals surface area contributed by atoms with Crippen molar-refractivity contribution in [2.24, 2.45) is 0 Å². The lowest BCUT2D eigenvalue weighted by Gasteiger charge is -2.19. The maximum absolute atomic E-state index is 12.6. The second-order valence-corrected chi connectivity index (χ2v) is 9.66. The Labute approximate surface area is 212 Å². The molecule has 0 amide bonds. The van der Waals surface area contributed by atoms with Gasteiger partial charge in [0, 0.05) is 13.2 Å². The van der Waals surface area contributed by atoms with Gasteiger partial charge in [0.25, 0.3) is 0 Å². The summed E-state index contributed by atoms with van der Waals surface area (Å²) < 4.78 is 5.68. The first-order valence-corrected chi connectivity index (χ1v) is 13.7. The molecule has 0 heterocycles. The number of rotatable bonds is 18. The van der Waals surface area contributed by atoms with E-state index in [0.29, 0.717) is 18.4 Å². The summed E-state index contributed by atoms with van der Waals surface area (Å²) in [4.78, 5) is 12.6. The quantitative estimate of drug-likeness (QED) is 0.179. The van der Waals surface area contributed by atoms with Crippen molar-refractivity contribution in [2.45, 2.75) is 104 Å². The molecular weight excluding hydrogens is 436 g/mol. The topological polar surface area (TPSA) is 66.8 Å². The van der Waals surface area contributed by atoms with Crippen LogP contribution in [-0.2, 0) is 30.6 Å². The van der Waals surface area contributed by atoms with Gasteiger partial charge in [-0.05, 0) is 67.0 Å². The highest BCUT2D eigenvalue weighted by atomic mass is 16.5. The van der Waals surface area contributed by atoms with Crippen LogP contribution in [0.5, 0.6) is 0 Å². The van der Waals surface area contributed by atoms with Crippen molar-refractivity contribution in [1.29, 1.82) is 0 Å². The van der Waals surface area contributed by atoms with Crippen LogP contribution in [0.25, 0.3) is 0 Å². The largest absolute Gasteiger partial charge is 0.457 e. The number of benzene rings is 2. The van der Waals surface area contributed by atoms with E-state index in [9.17, 15) is 15.0 Å². The Balaban J connectivity index is 1.99. The van der Waals surface area contributed by atoms with Crippen LogP contribution in [0.15, 0.2) is 36.4 Å². The number of hydrogen-bond acceptors (Lipinski definition) is 4. The Hall–Kier alpha value is -2.17. The number of ether oxygens (including phenoxy) is 1. The van der Waals surface area contributed by atoms with Crippen molar-refractivity contribution in [1.82, 2.24) is 0 Å². The molecule has 0 bridgehead atoms. The van der Waals surface area contributed by atoms with E-state index in [-0.39, 0.29) is 25.8 Å². The van der Waals surface area contributed by atoms with E-state index in [0.717, 1.165) is 35.1 Å². The molecule has 0 saturated heterocycles. The summed E-state index contributed by atoms with van der Waals surface area (Å²) >= 11 is 0. The van der Waals surface area contributed by atoms with Gasteiger partial charge >= 0.3 is 5.97 Å². The van der Waals surface area contributed by atoms with Crippen molar-refractivity contribution in [3.8, 4) is 0 Å². The molecule has 0 radical (unpaired) electrons. The molecule has 2 N–H and O–H groups in total. The molecule has 0 aromatic heterocycles. The van der Waals surface area contributed by atoms with Gasteiger partial charge in [-0.2, -0.15) is 0 Å². The van der Waals surface area contributed by atoms with Gasteiger partial charge in [-0.15, -0.1) is 0 Å². The monoisotopic (exact) mass is 482 g/mol. The van der Waals surface area contributed by atoms with Crippen LogP contribution in [0.2, 0.25) is 0 Å². The zero-order chi connectivity index (χ0) is 25.3. The number of unbranched alkanes of at least 4 members (excludes halogenated alkanes) is 9. The van der Waals surface area contributed by atoms with E-state index < -0.39 is 0 Å². The molecule has 2 aromatic carbocycles. The molecular formula is C31H46O4. The van der Waals surface area contributed by atoms with Crippen LogP contribution < -0.4 is 0 Å². The summed E-state index contributed by atoms with van der Waals surface area (Å²) in [6, 6.07) is 11.5. The Morgan fingerprint density at radius 2 is 1.23 bits per heavy atom. The standard InChI is InChI=1S/C31H46O4/c1-3-4-5-6-7-8-9-10-11-12-13-29-28(19-18-26(20-22-32)30(29)21-23-33)24-35-31(34)27-16-14-25(2)15-17-27/h14-19,32-33H,3-13,20-24H2,1-2H3. The maximum Gasteiger partial charge on any atom is 0.338 e. The van der Waals surface area contributed by atoms with Gasteiger partial charge in [-0.25, -0.2) is 4.79 Å². The van der Waals surface area contributed by atoms with Gasteiger partial charge in [0.1, 0.15) is 6.61 Å². The zero-order valence-electron chi connectivity index (χ0n) is 22.0. The number of esters is 1. The van der Waals surface area contributed by atoms with Gasteiger partial charge in [0.15, 0.2) is 0 Å². The third-order valence-electron chi connectivity index (χ3n) is 6.79. The lowest BCUT2D eigenvalue weighted by Crippen LogP contribution is -2.11.